The molecule has 5 aromatic rings. The number of halogens is 5. The van der Waals surface area contributed by atoms with Crippen molar-refractivity contribution in [2.75, 3.05) is 14.2 Å². The van der Waals surface area contributed by atoms with Crippen molar-refractivity contribution in [3.8, 4) is 11.5 Å². The number of aromatic nitrogens is 6. The summed E-state index contributed by atoms with van der Waals surface area (Å²) < 4.78 is 12.0. The van der Waals surface area contributed by atoms with E-state index in [9.17, 15) is 0 Å². The molecule has 0 aliphatic carbocycles. The molecule has 0 saturated heterocycles. The van der Waals surface area contributed by atoms with Crippen LogP contribution < -0.4 is 9.47 Å². The molecule has 9 nitrogen and oxygen atoms in total. The lowest BCUT2D eigenvalue weighted by molar-refractivity contribution is 0.414. The number of methoxy groups -OCH3 is 2. The summed E-state index contributed by atoms with van der Waals surface area (Å²) in [4.78, 5) is 23.8. The average molecular weight is 654 g/mol. The lowest BCUT2D eigenvalue weighted by Crippen LogP contribution is -1.99. The van der Waals surface area contributed by atoms with E-state index < -0.39 is 0 Å². The Kier molecular flexibility index (Phi) is 11.0. The Morgan fingerprint density at radius 2 is 1.34 bits per heavy atom. The number of nitrogens with zero attached hydrogens (tertiary/aromatic N) is 7. The molecule has 1 aliphatic rings. The fourth-order valence-corrected chi connectivity index (χ4v) is 4.71. The monoisotopic (exact) mass is 651 g/mol. The maximum atomic E-state index is 6.11. The van der Waals surface area contributed by atoms with E-state index >= 15 is 0 Å². The number of hydrogen-bond acceptors (Lipinski definition) is 8. The van der Waals surface area contributed by atoms with Gasteiger partial charge in [0.2, 0.25) is 10.6 Å². The number of aliphatic imine (C=N–C) groups is 1. The first-order chi connectivity index (χ1) is 19.8. The Morgan fingerprint density at radius 3 is 1.95 bits per heavy atom. The van der Waals surface area contributed by atoms with Gasteiger partial charge in [0.05, 0.1) is 20.5 Å². The number of ether oxygens (including phenoxy) is 2. The van der Waals surface area contributed by atoms with Crippen LogP contribution in [-0.2, 0) is 18.8 Å². The van der Waals surface area contributed by atoms with E-state index in [0.29, 0.717) is 46.1 Å². The van der Waals surface area contributed by atoms with Gasteiger partial charge in [-0.15, -0.1) is 11.6 Å². The average Bonchev–Trinajstić information content (AvgIpc) is 3.61. The van der Waals surface area contributed by atoms with Gasteiger partial charge in [-0.2, -0.15) is 9.97 Å². The minimum absolute atomic E-state index is 0.0946. The molecule has 212 valence electrons. The minimum atomic E-state index is 0.0946. The van der Waals surface area contributed by atoms with Gasteiger partial charge in [0.1, 0.15) is 22.2 Å². The van der Waals surface area contributed by atoms with Gasteiger partial charge in [-0.1, -0.05) is 47.5 Å². The molecular formula is C27H22Cl5N7O2. The first kappa shape index (κ1) is 30.7. The van der Waals surface area contributed by atoms with Crippen LogP contribution >= 0.6 is 58.0 Å². The van der Waals surface area contributed by atoms with Crippen LogP contribution in [0.2, 0.25) is 20.9 Å². The number of hydrogen-bond donors (Lipinski definition) is 0. The molecule has 6 rings (SSSR count). The predicted octanol–water partition coefficient (Wildman–Crippen LogP) is 7.67. The molecule has 0 unspecified atom stereocenters. The summed E-state index contributed by atoms with van der Waals surface area (Å²) in [5.41, 5.74) is 4.23. The fraction of sp³-hybridized carbons (Fsp3) is 0.185. The van der Waals surface area contributed by atoms with Crippen LogP contribution in [0.25, 0.3) is 11.2 Å². The highest BCUT2D eigenvalue weighted by molar-refractivity contribution is 6.35. The van der Waals surface area contributed by atoms with Gasteiger partial charge in [0, 0.05) is 30.6 Å². The molecule has 0 saturated carbocycles. The molecule has 4 heterocycles. The molecule has 0 N–H and O–H groups in total. The predicted molar refractivity (Wildman–Crippen MR) is 164 cm³/mol. The molecule has 2 aromatic carbocycles. The Labute approximate surface area is 261 Å². The Hall–Kier alpha value is -3.21. The summed E-state index contributed by atoms with van der Waals surface area (Å²) in [6, 6.07) is 15.5. The third-order valence-electron chi connectivity index (χ3n) is 5.64. The van der Waals surface area contributed by atoms with Gasteiger partial charge in [0.15, 0.2) is 16.6 Å². The third kappa shape index (κ3) is 8.18. The van der Waals surface area contributed by atoms with Gasteiger partial charge in [-0.25, -0.2) is 19.9 Å². The van der Waals surface area contributed by atoms with Gasteiger partial charge < -0.3 is 14.0 Å². The van der Waals surface area contributed by atoms with Crippen LogP contribution in [0.3, 0.4) is 0 Å². The summed E-state index contributed by atoms with van der Waals surface area (Å²) in [6.07, 6.45) is 4.11. The van der Waals surface area contributed by atoms with Gasteiger partial charge in [0.25, 0.3) is 0 Å². The summed E-state index contributed by atoms with van der Waals surface area (Å²) in [5, 5.41) is 0.938. The molecule has 0 amide bonds. The lowest BCUT2D eigenvalue weighted by Gasteiger charge is -2.06. The zero-order chi connectivity index (χ0) is 29.4. The first-order valence-electron chi connectivity index (χ1n) is 11.9. The van der Waals surface area contributed by atoms with Crippen LogP contribution in [0.5, 0.6) is 11.5 Å². The van der Waals surface area contributed by atoms with Crippen LogP contribution in [-0.4, -0.2) is 49.9 Å². The van der Waals surface area contributed by atoms with Crippen molar-refractivity contribution in [1.82, 2.24) is 29.5 Å². The zero-order valence-electron chi connectivity index (χ0n) is 21.7. The third-order valence-corrected chi connectivity index (χ3v) is 6.87. The van der Waals surface area contributed by atoms with E-state index in [2.05, 4.69) is 29.9 Å². The number of alkyl halides is 1. The van der Waals surface area contributed by atoms with Crippen LogP contribution in [0.1, 0.15) is 16.7 Å². The minimum Gasteiger partial charge on any atom is -0.497 e. The SMILES string of the molecule is COc1ccc(CCl)cc1.COc1ccc(Cn2cnc3nc(Cl)nc(Cl)c32)cc1.Clc1nc(Cl)c2c(n1)N=CC2. The van der Waals surface area contributed by atoms with Crippen LogP contribution in [0.15, 0.2) is 59.9 Å². The van der Waals surface area contributed by atoms with Crippen molar-refractivity contribution < 1.29 is 9.47 Å². The fourth-order valence-electron chi connectivity index (χ4n) is 3.60. The van der Waals surface area contributed by atoms with E-state index in [1.54, 1.807) is 26.8 Å². The van der Waals surface area contributed by atoms with E-state index in [-0.39, 0.29) is 10.6 Å². The standard InChI is InChI=1S/C13H10Cl2N4O.C8H9ClO.C6H3Cl2N3/c1-20-9-4-2-8(3-5-9)6-19-7-16-12-10(19)11(14)17-13(15)18-12;1-10-8-4-2-7(6-9)3-5-8;7-4-3-1-2-9-5(3)11-6(8)10-4/h2-5,7H,6H2,1H3;2-5H,6H2,1H3;2H,1H2. The summed E-state index contributed by atoms with van der Waals surface area (Å²) in [6.45, 7) is 0.616. The number of imidazole rings is 1. The van der Waals surface area contributed by atoms with Crippen molar-refractivity contribution >= 4 is 81.2 Å². The second kappa shape index (κ2) is 14.6. The van der Waals surface area contributed by atoms with E-state index in [1.165, 1.54) is 0 Å². The van der Waals surface area contributed by atoms with Gasteiger partial charge in [-0.3, -0.25) is 0 Å². The molecule has 0 bridgehead atoms. The maximum absolute atomic E-state index is 6.11. The highest BCUT2D eigenvalue weighted by Gasteiger charge is 2.14. The summed E-state index contributed by atoms with van der Waals surface area (Å²) in [5.74, 6) is 2.84. The smallest absolute Gasteiger partial charge is 0.225 e. The molecule has 14 heteroatoms. The molecule has 0 fully saturated rings. The normalized spacial score (nSPS) is 11.3. The molecule has 0 atom stereocenters. The summed E-state index contributed by atoms with van der Waals surface area (Å²) >= 11 is 28.8. The summed E-state index contributed by atoms with van der Waals surface area (Å²) in [7, 11) is 3.29. The number of fused-ring (bicyclic) bond motifs is 2. The Morgan fingerprint density at radius 1 is 0.756 bits per heavy atom. The topological polar surface area (TPSA) is 100 Å². The number of rotatable bonds is 5. The van der Waals surface area contributed by atoms with Gasteiger partial charge in [-0.05, 0) is 58.6 Å². The highest BCUT2D eigenvalue weighted by atomic mass is 35.5. The Balaban J connectivity index is 0.000000156. The van der Waals surface area contributed by atoms with Gasteiger partial charge >= 0.3 is 0 Å². The highest BCUT2D eigenvalue weighted by Crippen LogP contribution is 2.28. The van der Waals surface area contributed by atoms with Crippen molar-refractivity contribution in [2.24, 2.45) is 4.99 Å². The molecule has 0 radical (unpaired) electrons. The van der Waals surface area contributed by atoms with Crippen molar-refractivity contribution in [3.05, 3.63) is 92.4 Å². The molecule has 0 spiro atoms. The second-order valence-corrected chi connectivity index (χ2v) is 9.92. The van der Waals surface area contributed by atoms with Crippen LogP contribution in [0.4, 0.5) is 5.82 Å². The maximum Gasteiger partial charge on any atom is 0.225 e. The first-order valence-corrected chi connectivity index (χ1v) is 14.0. The largest absolute Gasteiger partial charge is 0.497 e. The molecule has 1 aliphatic heterocycles. The van der Waals surface area contributed by atoms with Crippen LogP contribution in [0, 0.1) is 0 Å². The van der Waals surface area contributed by atoms with Crippen molar-refractivity contribution in [1.29, 1.82) is 0 Å². The van der Waals surface area contributed by atoms with Crippen molar-refractivity contribution in [3.63, 3.8) is 0 Å². The van der Waals surface area contributed by atoms with Crippen molar-refractivity contribution in [2.45, 2.75) is 18.8 Å². The molecule has 41 heavy (non-hydrogen) atoms. The van der Waals surface area contributed by atoms with E-state index in [1.807, 2.05) is 53.1 Å². The Bertz CT molecular complexity index is 1620. The molecule has 3 aromatic heterocycles. The quantitative estimate of drug-likeness (QED) is 0.109. The van der Waals surface area contributed by atoms with E-state index in [0.717, 1.165) is 28.2 Å². The van der Waals surface area contributed by atoms with E-state index in [4.69, 9.17) is 67.5 Å². The molecular weight excluding hydrogens is 632 g/mol. The number of benzene rings is 2. The lowest BCUT2D eigenvalue weighted by atomic mass is 10.2. The second-order valence-electron chi connectivity index (χ2n) is 8.26. The zero-order valence-corrected chi connectivity index (χ0v) is 25.5.